The quantitative estimate of drug-likeness (QED) is 0.543. The molecule has 4 heterocycles. The van der Waals surface area contributed by atoms with Crippen molar-refractivity contribution < 1.29 is 13.7 Å². The molecule has 0 saturated carbocycles. The second-order valence-electron chi connectivity index (χ2n) is 6.83. The lowest BCUT2D eigenvalue weighted by molar-refractivity contribution is 0.161. The molecule has 10 heteroatoms. The van der Waals surface area contributed by atoms with Gasteiger partial charge in [0, 0.05) is 39.2 Å². The van der Waals surface area contributed by atoms with Crippen LogP contribution in [0.25, 0.3) is 22.5 Å². The summed E-state index contributed by atoms with van der Waals surface area (Å²) < 4.78 is 29.2. The van der Waals surface area contributed by atoms with E-state index in [-0.39, 0.29) is 0 Å². The minimum absolute atomic E-state index is 0.395. The SMILES string of the molecule is COCc1nc2c(-c3cn(S(=O)N(C)C)cn3)cc(C3=CCOCC3)cn2c1Br. The number of hydrogen-bond donors (Lipinski definition) is 0. The molecule has 1 aliphatic rings. The van der Waals surface area contributed by atoms with E-state index in [2.05, 4.69) is 39.3 Å². The second-order valence-corrected chi connectivity index (χ2v) is 9.20. The number of pyridine rings is 1. The Morgan fingerprint density at radius 3 is 2.90 bits per heavy atom. The lowest BCUT2D eigenvalue weighted by atomic mass is 10.0. The van der Waals surface area contributed by atoms with Crippen LogP contribution in [0.3, 0.4) is 0 Å². The van der Waals surface area contributed by atoms with Gasteiger partial charge in [-0.15, -0.1) is 0 Å². The molecule has 0 bridgehead atoms. The first kappa shape index (κ1) is 20.4. The highest BCUT2D eigenvalue weighted by molar-refractivity contribution is 9.10. The fraction of sp³-hybridized carbons (Fsp3) is 0.368. The fourth-order valence-corrected chi connectivity index (χ4v) is 4.43. The van der Waals surface area contributed by atoms with Crippen molar-refractivity contribution in [2.24, 2.45) is 0 Å². The zero-order valence-corrected chi connectivity index (χ0v) is 18.9. The van der Waals surface area contributed by atoms with Crippen LogP contribution in [0, 0.1) is 0 Å². The third-order valence-electron chi connectivity index (χ3n) is 4.67. The van der Waals surface area contributed by atoms with Gasteiger partial charge in [-0.05, 0) is 39.6 Å². The van der Waals surface area contributed by atoms with E-state index in [1.54, 1.807) is 42.0 Å². The van der Waals surface area contributed by atoms with Gasteiger partial charge < -0.3 is 9.47 Å². The van der Waals surface area contributed by atoms with Crippen LogP contribution in [0.5, 0.6) is 0 Å². The number of rotatable bonds is 6. The number of hydrogen-bond acceptors (Lipinski definition) is 5. The van der Waals surface area contributed by atoms with Crippen molar-refractivity contribution in [2.75, 3.05) is 34.4 Å². The maximum absolute atomic E-state index is 12.4. The summed E-state index contributed by atoms with van der Waals surface area (Å²) in [6.45, 7) is 1.71. The summed E-state index contributed by atoms with van der Waals surface area (Å²) in [4.78, 5) is 9.28. The summed E-state index contributed by atoms with van der Waals surface area (Å²) in [5.74, 6) is 0. The Kier molecular flexibility index (Phi) is 5.98. The molecule has 0 aromatic carbocycles. The van der Waals surface area contributed by atoms with E-state index in [9.17, 15) is 4.21 Å². The Bertz CT molecular complexity index is 1100. The second kappa shape index (κ2) is 8.49. The van der Waals surface area contributed by atoms with Crippen LogP contribution < -0.4 is 0 Å². The Morgan fingerprint density at radius 1 is 1.38 bits per heavy atom. The highest BCUT2D eigenvalue weighted by Gasteiger charge is 2.19. The van der Waals surface area contributed by atoms with Gasteiger partial charge in [0.15, 0.2) is 0 Å². The molecule has 1 atom stereocenters. The highest BCUT2D eigenvalue weighted by Crippen LogP contribution is 2.32. The zero-order valence-electron chi connectivity index (χ0n) is 16.5. The van der Waals surface area contributed by atoms with Crippen molar-refractivity contribution >= 4 is 38.3 Å². The van der Waals surface area contributed by atoms with Gasteiger partial charge >= 0.3 is 0 Å². The van der Waals surface area contributed by atoms with Crippen LogP contribution in [-0.4, -0.2) is 61.3 Å². The largest absolute Gasteiger partial charge is 0.378 e. The van der Waals surface area contributed by atoms with E-state index in [0.717, 1.165) is 33.5 Å². The van der Waals surface area contributed by atoms with Crippen molar-refractivity contribution in [2.45, 2.75) is 13.0 Å². The number of halogens is 1. The summed E-state index contributed by atoms with van der Waals surface area (Å²) in [5, 5.41) is 0. The predicted molar refractivity (Wildman–Crippen MR) is 115 cm³/mol. The van der Waals surface area contributed by atoms with Gasteiger partial charge in [-0.2, -0.15) is 0 Å². The molecule has 0 aliphatic carbocycles. The van der Waals surface area contributed by atoms with Gasteiger partial charge in [-0.3, -0.25) is 4.40 Å². The lowest BCUT2D eigenvalue weighted by Crippen LogP contribution is -2.20. The standard InChI is InChI=1S/C19H22BrN5O3S/c1-23(2)29(26)24-10-16(21-12-24)15-8-14(13-4-6-28-7-5-13)9-25-18(20)17(11-27-3)22-19(15)25/h4,8-10,12H,5-7,11H2,1-3H3. The molecule has 0 radical (unpaired) electrons. The minimum Gasteiger partial charge on any atom is -0.378 e. The summed E-state index contributed by atoms with van der Waals surface area (Å²) in [6.07, 6.45) is 8.39. The van der Waals surface area contributed by atoms with Crippen LogP contribution in [0.2, 0.25) is 0 Å². The van der Waals surface area contributed by atoms with Crippen LogP contribution in [0.4, 0.5) is 0 Å². The van der Waals surface area contributed by atoms with Gasteiger partial charge in [-0.25, -0.2) is 22.5 Å². The van der Waals surface area contributed by atoms with Crippen molar-refractivity contribution in [3.63, 3.8) is 0 Å². The Labute approximate surface area is 180 Å². The van der Waals surface area contributed by atoms with Crippen molar-refractivity contribution in [3.8, 4) is 11.3 Å². The van der Waals surface area contributed by atoms with Crippen LogP contribution in [-0.2, 0) is 27.3 Å². The maximum Gasteiger partial charge on any atom is 0.203 e. The molecule has 0 spiro atoms. The number of nitrogens with zero attached hydrogens (tertiary/aromatic N) is 5. The molecule has 154 valence electrons. The molecular weight excluding hydrogens is 458 g/mol. The number of methoxy groups -OCH3 is 1. The first-order valence-electron chi connectivity index (χ1n) is 9.10. The Hall–Kier alpha value is -1.85. The molecule has 0 saturated heterocycles. The van der Waals surface area contributed by atoms with E-state index in [1.165, 1.54) is 5.57 Å². The van der Waals surface area contributed by atoms with Crippen LogP contribution >= 0.6 is 15.9 Å². The number of imidazole rings is 2. The number of ether oxygens (including phenoxy) is 2. The summed E-state index contributed by atoms with van der Waals surface area (Å²) >= 11 is 2.33. The van der Waals surface area contributed by atoms with E-state index < -0.39 is 11.2 Å². The highest BCUT2D eigenvalue weighted by atomic mass is 79.9. The number of aromatic nitrogens is 4. The minimum atomic E-state index is -1.33. The molecule has 3 aromatic rings. The molecule has 4 rings (SSSR count). The average molecular weight is 480 g/mol. The third kappa shape index (κ3) is 3.95. The monoisotopic (exact) mass is 479 g/mol. The van der Waals surface area contributed by atoms with Crippen molar-refractivity contribution in [1.29, 1.82) is 0 Å². The van der Waals surface area contributed by atoms with Crippen LogP contribution in [0.1, 0.15) is 17.7 Å². The van der Waals surface area contributed by atoms with E-state index >= 15 is 0 Å². The molecule has 8 nitrogen and oxygen atoms in total. The average Bonchev–Trinajstić information content (AvgIpc) is 3.33. The smallest absolute Gasteiger partial charge is 0.203 e. The summed E-state index contributed by atoms with van der Waals surface area (Å²) in [5.41, 5.74) is 5.46. The zero-order chi connectivity index (χ0) is 20.5. The molecule has 0 amide bonds. The molecular formula is C19H22BrN5O3S. The van der Waals surface area contributed by atoms with Crippen LogP contribution in [0.15, 0.2) is 35.5 Å². The predicted octanol–water partition coefficient (Wildman–Crippen LogP) is 2.90. The lowest BCUT2D eigenvalue weighted by Gasteiger charge is -2.15. The molecule has 1 aliphatic heterocycles. The first-order chi connectivity index (χ1) is 14.0. The van der Waals surface area contributed by atoms with Gasteiger partial charge in [0.2, 0.25) is 11.2 Å². The van der Waals surface area contributed by atoms with Gasteiger partial charge in [0.25, 0.3) is 0 Å². The fourth-order valence-electron chi connectivity index (χ4n) is 3.27. The van der Waals surface area contributed by atoms with Gasteiger partial charge in [0.05, 0.1) is 31.2 Å². The van der Waals surface area contributed by atoms with Crippen molar-refractivity contribution in [1.82, 2.24) is 22.6 Å². The molecule has 0 N–H and O–H groups in total. The molecule has 1 unspecified atom stereocenters. The summed E-state index contributed by atoms with van der Waals surface area (Å²) in [6, 6.07) is 2.09. The van der Waals surface area contributed by atoms with E-state index in [0.29, 0.717) is 25.5 Å². The van der Waals surface area contributed by atoms with E-state index in [4.69, 9.17) is 14.5 Å². The van der Waals surface area contributed by atoms with Gasteiger partial charge in [-0.1, -0.05) is 6.08 Å². The molecule has 29 heavy (non-hydrogen) atoms. The summed E-state index contributed by atoms with van der Waals surface area (Å²) in [7, 11) is 5.16. The first-order valence-corrected chi connectivity index (χ1v) is 11.0. The third-order valence-corrected chi connectivity index (χ3v) is 6.70. The van der Waals surface area contributed by atoms with Crippen molar-refractivity contribution in [3.05, 3.63) is 46.7 Å². The van der Waals surface area contributed by atoms with Gasteiger partial charge in [0.1, 0.15) is 16.6 Å². The molecule has 3 aromatic heterocycles. The Morgan fingerprint density at radius 2 is 2.21 bits per heavy atom. The topological polar surface area (TPSA) is 73.9 Å². The normalized spacial score (nSPS) is 15.8. The maximum atomic E-state index is 12.4. The molecule has 0 fully saturated rings. The van der Waals surface area contributed by atoms with E-state index in [1.807, 2.05) is 4.40 Å². The number of fused-ring (bicyclic) bond motifs is 1. The Balaban J connectivity index is 1.90.